The number of hydrogen-bond acceptors (Lipinski definition) is 27. The highest BCUT2D eigenvalue weighted by Crippen LogP contribution is 2.76. The van der Waals surface area contributed by atoms with Gasteiger partial charge in [-0.05, 0) is 117 Å². The van der Waals surface area contributed by atoms with E-state index < -0.39 is 231 Å². The molecule has 5 heterocycles. The molecule has 0 radical (unpaired) electrons. The molecule has 0 bridgehead atoms. The van der Waals surface area contributed by atoms with Crippen molar-refractivity contribution in [1.29, 1.82) is 0 Å². The molecule has 0 aromatic heterocycles. The molecule has 85 heavy (non-hydrogen) atoms. The maximum absolute atomic E-state index is 13.0. The molecule has 34 atom stereocenters. The van der Waals surface area contributed by atoms with Gasteiger partial charge in [0.25, 0.3) is 0 Å². The summed E-state index contributed by atoms with van der Waals surface area (Å²) in [5.41, 5.74) is -3.08. The third-order valence-corrected chi connectivity index (χ3v) is 22.1. The summed E-state index contributed by atoms with van der Waals surface area (Å²) in [6, 6.07) is 0. The fraction of sp³-hybridized carbons (Fsp3) is 0.966. The van der Waals surface area contributed by atoms with Gasteiger partial charge in [-0.3, -0.25) is 0 Å². The molecular formula is C58H98O27. The van der Waals surface area contributed by atoms with Crippen LogP contribution < -0.4 is 0 Å². The number of rotatable bonds is 17. The predicted octanol–water partition coefficient (Wildman–Crippen LogP) is -4.13. The van der Waals surface area contributed by atoms with E-state index in [9.17, 15) is 86.8 Å². The first-order chi connectivity index (χ1) is 39.8. The Bertz CT molecular complexity index is 2250. The van der Waals surface area contributed by atoms with Crippen LogP contribution in [0.3, 0.4) is 0 Å². The van der Waals surface area contributed by atoms with E-state index in [1.807, 2.05) is 40.7 Å². The summed E-state index contributed by atoms with van der Waals surface area (Å²) in [7, 11) is 0. The Hall–Kier alpha value is -1.34. The molecule has 9 fully saturated rings. The quantitative estimate of drug-likeness (QED) is 0.0486. The van der Waals surface area contributed by atoms with Crippen molar-refractivity contribution in [2.45, 2.75) is 272 Å². The molecule has 9 rings (SSSR count). The van der Waals surface area contributed by atoms with E-state index in [1.54, 1.807) is 0 Å². The summed E-state index contributed by atoms with van der Waals surface area (Å²) in [6.45, 7) is 13.5. The van der Waals surface area contributed by atoms with E-state index in [2.05, 4.69) is 20.8 Å². The summed E-state index contributed by atoms with van der Waals surface area (Å²) < 4.78 is 60.9. The van der Waals surface area contributed by atoms with Gasteiger partial charge in [0.2, 0.25) is 0 Å². The molecule has 4 saturated carbocycles. The minimum absolute atomic E-state index is 0.178. The van der Waals surface area contributed by atoms with Gasteiger partial charge >= 0.3 is 0 Å². The second kappa shape index (κ2) is 26.0. The van der Waals surface area contributed by atoms with Gasteiger partial charge in [0.1, 0.15) is 110 Å². The molecule has 27 nitrogen and oxygen atoms in total. The second-order valence-electron chi connectivity index (χ2n) is 27.9. The SMILES string of the molecule is CC(C)=CCC[C@](C)(O[C@@H]1O[C@H](CO[C@@H]2O[C@H](CO[C@@H]3OC[C@@H](O)[C@H](O)[C@H]3O)[C@@H](O)[C@H](O)[C@H]2O)[C@@H](O)[C@H](O)[C@H]1O)[C@H]1CC[C@]2(C)[C@@H]1[C@H](O)C[C@@H]1[C@@]3(C)CC[C@H](O)C(C)(C)[C@@H]3[C@@H](O[C@@H]3O[C@H](CO)[C@@H](O)[C@H](O)[C@H]3O[C@@H]3OC[C@@H](O)[C@H](O)[C@H]3O)C[C@]12C. The lowest BCUT2D eigenvalue weighted by Gasteiger charge is -2.72. The molecular weight excluding hydrogens is 1130 g/mol. The van der Waals surface area contributed by atoms with E-state index in [0.29, 0.717) is 51.4 Å². The van der Waals surface area contributed by atoms with Crippen LogP contribution in [0.2, 0.25) is 0 Å². The second-order valence-corrected chi connectivity index (χ2v) is 27.9. The molecule has 5 saturated heterocycles. The summed E-state index contributed by atoms with van der Waals surface area (Å²) in [6.07, 6.45) is -34.7. The average Bonchev–Trinajstić information content (AvgIpc) is 1.73. The van der Waals surface area contributed by atoms with E-state index in [1.165, 1.54) is 0 Å². The first-order valence-corrected chi connectivity index (χ1v) is 30.3. The zero-order chi connectivity index (χ0) is 62.4. The molecule has 0 aromatic rings. The van der Waals surface area contributed by atoms with Crippen molar-refractivity contribution in [2.75, 3.05) is 33.0 Å². The normalized spacial score (nSPS) is 53.4. The zero-order valence-corrected chi connectivity index (χ0v) is 49.8. The Morgan fingerprint density at radius 3 is 1.68 bits per heavy atom. The van der Waals surface area contributed by atoms with Gasteiger partial charge in [0, 0.05) is 0 Å². The highest BCUT2D eigenvalue weighted by Gasteiger charge is 2.74. The van der Waals surface area contributed by atoms with Crippen LogP contribution in [0.4, 0.5) is 0 Å². The van der Waals surface area contributed by atoms with Crippen molar-refractivity contribution in [1.82, 2.24) is 0 Å². The zero-order valence-electron chi connectivity index (χ0n) is 49.8. The molecule has 0 amide bonds. The maximum atomic E-state index is 13.0. The molecule has 492 valence electrons. The van der Waals surface area contributed by atoms with Gasteiger partial charge in [-0.1, -0.05) is 46.3 Å². The van der Waals surface area contributed by atoms with E-state index in [-0.39, 0.29) is 12.5 Å². The topological polar surface area (TPSA) is 436 Å². The van der Waals surface area contributed by atoms with E-state index in [4.69, 9.17) is 47.4 Å². The van der Waals surface area contributed by atoms with Gasteiger partial charge in [-0.25, -0.2) is 0 Å². The number of ether oxygens (including phenoxy) is 10. The van der Waals surface area contributed by atoms with Gasteiger partial charge in [0.05, 0.1) is 56.9 Å². The minimum Gasteiger partial charge on any atom is -0.394 e. The Labute approximate surface area is 494 Å². The number of aliphatic hydroxyl groups is 17. The molecule has 5 aliphatic heterocycles. The van der Waals surface area contributed by atoms with Gasteiger partial charge in [-0.2, -0.15) is 0 Å². The van der Waals surface area contributed by atoms with Crippen LogP contribution in [0.1, 0.15) is 107 Å². The first-order valence-electron chi connectivity index (χ1n) is 30.3. The van der Waals surface area contributed by atoms with Crippen LogP contribution in [0.5, 0.6) is 0 Å². The summed E-state index contributed by atoms with van der Waals surface area (Å²) in [5.74, 6) is -1.57. The lowest BCUT2D eigenvalue weighted by atomic mass is 9.34. The number of fused-ring (bicyclic) bond motifs is 5. The van der Waals surface area contributed by atoms with Crippen molar-refractivity contribution < 1.29 is 134 Å². The van der Waals surface area contributed by atoms with Crippen LogP contribution in [0.25, 0.3) is 0 Å². The summed E-state index contributed by atoms with van der Waals surface area (Å²) in [5, 5.41) is 187. The Morgan fingerprint density at radius 1 is 0.553 bits per heavy atom. The Kier molecular flexibility index (Phi) is 20.8. The molecule has 0 spiro atoms. The lowest BCUT2D eigenvalue weighted by molar-refractivity contribution is -0.377. The summed E-state index contributed by atoms with van der Waals surface area (Å²) in [4.78, 5) is 0. The largest absolute Gasteiger partial charge is 0.394 e. The molecule has 4 aliphatic carbocycles. The molecule has 9 aliphatic rings. The summed E-state index contributed by atoms with van der Waals surface area (Å²) >= 11 is 0. The maximum Gasteiger partial charge on any atom is 0.187 e. The van der Waals surface area contributed by atoms with Gasteiger partial charge < -0.3 is 134 Å². The van der Waals surface area contributed by atoms with Crippen molar-refractivity contribution in [3.63, 3.8) is 0 Å². The highest BCUT2D eigenvalue weighted by molar-refractivity contribution is 5.22. The number of allylic oxidation sites excluding steroid dienone is 2. The lowest BCUT2D eigenvalue weighted by Crippen LogP contribution is -2.71. The smallest absolute Gasteiger partial charge is 0.187 e. The van der Waals surface area contributed by atoms with Crippen molar-refractivity contribution >= 4 is 0 Å². The Balaban J connectivity index is 0.979. The van der Waals surface area contributed by atoms with Gasteiger partial charge in [-0.15, -0.1) is 0 Å². The van der Waals surface area contributed by atoms with Crippen molar-refractivity contribution in [2.24, 2.45) is 45.3 Å². The Morgan fingerprint density at radius 2 is 1.08 bits per heavy atom. The molecule has 0 aromatic carbocycles. The monoisotopic (exact) mass is 1230 g/mol. The standard InChI is InChI=1S/C58H98O27/c1-23(2)10-9-13-58(8,85-52-46(75)41(70)39(68)31(83-52)22-79-50-45(74)40(69)38(67)30(82-50)21-78-49-43(72)35(64)26(61)19-76-49)24-11-15-56(6)34(24)25(60)16-32-55(5)14-12-33(63)54(3,4)48(55)28(17-57(32,56)7)80-53-47(42(71)37(66)29(18-59)81-53)84-51-44(73)36(65)27(62)20-77-51/h10,24-53,59-75H,9,11-22H2,1-8H3/t24-,25+,26+,27+,28-,29+,30+,31+,32+,33-,34-,35-,36-,37+,38+,39+,40-,41-,42-,43+,44+,45+,46+,47+,48-,49-,50+,51-,52-,53+,55+,56+,57+,58-/m0/s1. The van der Waals surface area contributed by atoms with Crippen molar-refractivity contribution in [3.05, 3.63) is 11.6 Å². The van der Waals surface area contributed by atoms with E-state index in [0.717, 1.165) is 5.57 Å². The van der Waals surface area contributed by atoms with Crippen LogP contribution in [-0.4, -0.2) is 285 Å². The van der Waals surface area contributed by atoms with Gasteiger partial charge in [0.15, 0.2) is 31.5 Å². The average molecular weight is 1230 g/mol. The fourth-order valence-electron chi connectivity index (χ4n) is 17.1. The third kappa shape index (κ3) is 12.4. The molecule has 0 unspecified atom stereocenters. The van der Waals surface area contributed by atoms with Crippen LogP contribution >= 0.6 is 0 Å². The highest BCUT2D eigenvalue weighted by atomic mass is 16.8. The number of aliphatic hydroxyl groups excluding tert-OH is 17. The van der Waals surface area contributed by atoms with Crippen molar-refractivity contribution in [3.8, 4) is 0 Å². The molecule has 17 N–H and O–H groups in total. The minimum atomic E-state index is -1.87. The third-order valence-electron chi connectivity index (χ3n) is 22.1. The number of hydrogen-bond donors (Lipinski definition) is 17. The van der Waals surface area contributed by atoms with E-state index >= 15 is 0 Å². The predicted molar refractivity (Wildman–Crippen MR) is 288 cm³/mol. The fourth-order valence-corrected chi connectivity index (χ4v) is 17.1. The first kappa shape index (κ1) is 68.0. The van der Waals surface area contributed by atoms with Crippen LogP contribution in [0.15, 0.2) is 11.6 Å². The van der Waals surface area contributed by atoms with Crippen LogP contribution in [-0.2, 0) is 47.4 Å². The van der Waals surface area contributed by atoms with Crippen LogP contribution in [0, 0.1) is 45.3 Å². The molecule has 27 heteroatoms.